The van der Waals surface area contributed by atoms with E-state index in [9.17, 15) is 22.8 Å². The highest BCUT2D eigenvalue weighted by molar-refractivity contribution is 5.75. The van der Waals surface area contributed by atoms with Crippen molar-refractivity contribution < 1.29 is 22.7 Å². The molecule has 1 N–H and O–H groups in total. The van der Waals surface area contributed by atoms with Crippen molar-refractivity contribution in [2.24, 2.45) is 5.92 Å². The van der Waals surface area contributed by atoms with Crippen molar-refractivity contribution in [3.8, 4) is 0 Å². The summed E-state index contributed by atoms with van der Waals surface area (Å²) in [6.45, 7) is 5.05. The van der Waals surface area contributed by atoms with Crippen LogP contribution in [0.4, 0.5) is 13.2 Å². The van der Waals surface area contributed by atoms with E-state index < -0.39 is 29.8 Å². The van der Waals surface area contributed by atoms with Crippen LogP contribution in [-0.4, -0.2) is 30.2 Å². The minimum absolute atomic E-state index is 0.338. The number of carbonyl (C=O) groups is 1. The van der Waals surface area contributed by atoms with E-state index in [2.05, 4.69) is 5.32 Å². The summed E-state index contributed by atoms with van der Waals surface area (Å²) in [7, 11) is 0. The SMILES string of the molecule is CC(C)COCCCNC(=O)Cn1cc(C(F)(F)F)ccc1=O. The van der Waals surface area contributed by atoms with Crippen molar-refractivity contribution in [3.05, 3.63) is 34.2 Å². The van der Waals surface area contributed by atoms with E-state index in [0.717, 1.165) is 10.6 Å². The van der Waals surface area contributed by atoms with Gasteiger partial charge in [0.15, 0.2) is 0 Å². The van der Waals surface area contributed by atoms with Gasteiger partial charge in [0.1, 0.15) is 6.54 Å². The van der Waals surface area contributed by atoms with E-state index in [0.29, 0.717) is 44.4 Å². The maximum absolute atomic E-state index is 12.6. The smallest absolute Gasteiger partial charge is 0.381 e. The minimum atomic E-state index is -4.56. The molecule has 1 aromatic rings. The number of aromatic nitrogens is 1. The molecule has 0 unspecified atom stereocenters. The lowest BCUT2D eigenvalue weighted by molar-refractivity contribution is -0.138. The largest absolute Gasteiger partial charge is 0.417 e. The van der Waals surface area contributed by atoms with Gasteiger partial charge in [-0.25, -0.2) is 0 Å². The molecule has 0 aromatic carbocycles. The Bertz CT molecular complexity index is 568. The average Bonchev–Trinajstić information content (AvgIpc) is 2.43. The third-order valence-electron chi connectivity index (χ3n) is 2.86. The Hall–Kier alpha value is -1.83. The molecule has 0 fully saturated rings. The van der Waals surface area contributed by atoms with Crippen molar-refractivity contribution >= 4 is 5.91 Å². The van der Waals surface area contributed by atoms with Gasteiger partial charge < -0.3 is 14.6 Å². The lowest BCUT2D eigenvalue weighted by atomic mass is 10.2. The van der Waals surface area contributed by atoms with Crippen LogP contribution in [0.1, 0.15) is 25.8 Å². The standard InChI is InChI=1S/C15H21F3N2O3/c1-11(2)10-23-7-3-6-19-13(21)9-20-8-12(15(16,17)18)4-5-14(20)22/h4-5,8,11H,3,6-7,9-10H2,1-2H3,(H,19,21). The van der Waals surface area contributed by atoms with E-state index in [1.807, 2.05) is 13.8 Å². The molecule has 1 rings (SSSR count). The molecule has 1 amide bonds. The predicted octanol–water partition coefficient (Wildman–Crippen LogP) is 2.05. The summed E-state index contributed by atoms with van der Waals surface area (Å²) in [5.74, 6) is -0.0901. The number of hydrogen-bond acceptors (Lipinski definition) is 3. The number of nitrogens with zero attached hydrogens (tertiary/aromatic N) is 1. The molecule has 0 saturated heterocycles. The van der Waals surface area contributed by atoms with Gasteiger partial charge in [0.25, 0.3) is 5.56 Å². The summed E-state index contributed by atoms with van der Waals surface area (Å²) in [5, 5.41) is 2.54. The molecule has 0 aliphatic carbocycles. The zero-order valence-electron chi connectivity index (χ0n) is 13.2. The summed E-state index contributed by atoms with van der Waals surface area (Å²) < 4.78 is 43.8. The number of rotatable bonds is 8. The van der Waals surface area contributed by atoms with Gasteiger partial charge in [0.2, 0.25) is 5.91 Å². The molecule has 0 radical (unpaired) electrons. The molecule has 1 aromatic heterocycles. The second-order valence-corrected chi connectivity index (χ2v) is 5.55. The number of amides is 1. The highest BCUT2D eigenvalue weighted by Crippen LogP contribution is 2.27. The first-order valence-electron chi connectivity index (χ1n) is 7.32. The van der Waals surface area contributed by atoms with E-state index in [1.165, 1.54) is 0 Å². The number of alkyl halides is 3. The van der Waals surface area contributed by atoms with Crippen molar-refractivity contribution in [3.63, 3.8) is 0 Å². The number of hydrogen-bond donors (Lipinski definition) is 1. The van der Waals surface area contributed by atoms with Crippen LogP contribution in [0.5, 0.6) is 0 Å². The van der Waals surface area contributed by atoms with Crippen molar-refractivity contribution in [2.75, 3.05) is 19.8 Å². The highest BCUT2D eigenvalue weighted by Gasteiger charge is 2.31. The third-order valence-corrected chi connectivity index (χ3v) is 2.86. The average molecular weight is 334 g/mol. The molecule has 23 heavy (non-hydrogen) atoms. The van der Waals surface area contributed by atoms with Crippen LogP contribution >= 0.6 is 0 Å². The quantitative estimate of drug-likeness (QED) is 0.740. The van der Waals surface area contributed by atoms with Crippen molar-refractivity contribution in [1.82, 2.24) is 9.88 Å². The maximum Gasteiger partial charge on any atom is 0.417 e. The molecule has 8 heteroatoms. The summed E-state index contributed by atoms with van der Waals surface area (Å²) in [6.07, 6.45) is -3.32. The van der Waals surface area contributed by atoms with Crippen molar-refractivity contribution in [1.29, 1.82) is 0 Å². The molecule has 0 bridgehead atoms. The molecule has 0 aliphatic heterocycles. The monoisotopic (exact) mass is 334 g/mol. The normalized spacial score (nSPS) is 11.7. The fourth-order valence-electron chi connectivity index (χ4n) is 1.75. The lowest BCUT2D eigenvalue weighted by Gasteiger charge is -2.11. The Morgan fingerprint density at radius 1 is 1.35 bits per heavy atom. The van der Waals surface area contributed by atoms with Gasteiger partial charge in [-0.1, -0.05) is 13.8 Å². The zero-order chi connectivity index (χ0) is 17.5. The molecule has 0 spiro atoms. The van der Waals surface area contributed by atoms with Gasteiger partial charge in [-0.05, 0) is 18.4 Å². The first kappa shape index (κ1) is 19.2. The van der Waals surface area contributed by atoms with Gasteiger partial charge in [0, 0.05) is 32.0 Å². The third kappa shape index (κ3) is 7.32. The number of ether oxygens (including phenoxy) is 1. The van der Waals surface area contributed by atoms with Crippen LogP contribution in [0.25, 0.3) is 0 Å². The van der Waals surface area contributed by atoms with Gasteiger partial charge >= 0.3 is 6.18 Å². The molecule has 130 valence electrons. The summed E-state index contributed by atoms with van der Waals surface area (Å²) in [5.41, 5.74) is -1.62. The van der Waals surface area contributed by atoms with E-state index in [-0.39, 0.29) is 0 Å². The molecule has 5 nitrogen and oxygen atoms in total. The maximum atomic E-state index is 12.6. The number of carbonyl (C=O) groups excluding carboxylic acids is 1. The van der Waals surface area contributed by atoms with Crippen LogP contribution in [0.15, 0.2) is 23.1 Å². The Kier molecular flexibility index (Phi) is 7.28. The van der Waals surface area contributed by atoms with E-state index in [1.54, 1.807) is 0 Å². The van der Waals surface area contributed by atoms with Crippen LogP contribution in [-0.2, 0) is 22.3 Å². The Balaban J connectivity index is 2.44. The number of halogens is 3. The highest BCUT2D eigenvalue weighted by atomic mass is 19.4. The van der Waals surface area contributed by atoms with Crippen LogP contribution in [0.2, 0.25) is 0 Å². The van der Waals surface area contributed by atoms with E-state index in [4.69, 9.17) is 4.74 Å². The molecular weight excluding hydrogens is 313 g/mol. The first-order chi connectivity index (χ1) is 10.7. The van der Waals surface area contributed by atoms with Gasteiger partial charge in [-0.2, -0.15) is 13.2 Å². The summed E-state index contributed by atoms with van der Waals surface area (Å²) in [6, 6.07) is 1.50. The first-order valence-corrected chi connectivity index (χ1v) is 7.32. The number of nitrogens with one attached hydrogen (secondary N) is 1. The summed E-state index contributed by atoms with van der Waals surface area (Å²) >= 11 is 0. The molecular formula is C15H21F3N2O3. The molecule has 0 saturated carbocycles. The van der Waals surface area contributed by atoms with E-state index >= 15 is 0 Å². The van der Waals surface area contributed by atoms with Gasteiger partial charge in [-0.3, -0.25) is 9.59 Å². The predicted molar refractivity (Wildman–Crippen MR) is 79.0 cm³/mol. The lowest BCUT2D eigenvalue weighted by Crippen LogP contribution is -2.33. The second-order valence-electron chi connectivity index (χ2n) is 5.55. The zero-order valence-corrected chi connectivity index (χ0v) is 13.2. The minimum Gasteiger partial charge on any atom is -0.381 e. The van der Waals surface area contributed by atoms with Crippen LogP contribution in [0.3, 0.4) is 0 Å². The molecule has 0 aliphatic rings. The topological polar surface area (TPSA) is 60.3 Å². The number of pyridine rings is 1. The fourth-order valence-corrected chi connectivity index (χ4v) is 1.75. The second kappa shape index (κ2) is 8.71. The Labute approximate surface area is 132 Å². The molecule has 1 heterocycles. The van der Waals surface area contributed by atoms with Crippen molar-refractivity contribution in [2.45, 2.75) is 33.0 Å². The van der Waals surface area contributed by atoms with Gasteiger partial charge in [-0.15, -0.1) is 0 Å². The van der Waals surface area contributed by atoms with Gasteiger partial charge in [0.05, 0.1) is 5.56 Å². The molecule has 0 atom stereocenters. The summed E-state index contributed by atoms with van der Waals surface area (Å²) in [4.78, 5) is 23.2. The van der Waals surface area contributed by atoms with Crippen LogP contribution < -0.4 is 10.9 Å². The fraction of sp³-hybridized carbons (Fsp3) is 0.600. The Morgan fingerprint density at radius 3 is 2.65 bits per heavy atom. The Morgan fingerprint density at radius 2 is 2.04 bits per heavy atom. The van der Waals surface area contributed by atoms with Crippen LogP contribution in [0, 0.1) is 5.92 Å².